The van der Waals surface area contributed by atoms with Crippen molar-refractivity contribution in [3.63, 3.8) is 0 Å². The second-order valence-electron chi connectivity index (χ2n) is 0.289. The summed E-state index contributed by atoms with van der Waals surface area (Å²) in [6.07, 6.45) is 0. The summed E-state index contributed by atoms with van der Waals surface area (Å²) in [7, 11) is -2.92. The third-order valence-corrected chi connectivity index (χ3v) is 0. The number of rotatable bonds is 0. The molecule has 0 aliphatic rings. The van der Waals surface area contributed by atoms with Crippen LogP contribution in [0.5, 0.6) is 0 Å². The van der Waals surface area contributed by atoms with Gasteiger partial charge >= 0.3 is 78.2 Å². The van der Waals surface area contributed by atoms with Gasteiger partial charge in [-0.2, -0.15) is 0 Å². The van der Waals surface area contributed by atoms with E-state index in [0.717, 1.165) is 0 Å². The summed E-state index contributed by atoms with van der Waals surface area (Å²) in [5, 5.41) is 25.2. The Morgan fingerprint density at radius 1 is 1.00 bits per heavy atom. The van der Waals surface area contributed by atoms with Gasteiger partial charge in [0.2, 0.25) is 0 Å². The molecule has 0 heterocycles. The Bertz CT molecular complexity index is 15.5. The van der Waals surface area contributed by atoms with Crippen molar-refractivity contribution >= 4 is 52.8 Å². The predicted molar refractivity (Wildman–Crippen MR) is 11.5 cm³/mol. The topological polar surface area (TPSA) is 69.2 Å². The maximum absolute atomic E-state index is 8.42. The monoisotopic (exact) mass is 236 g/mol. The molecule has 0 atom stereocenters. The standard InChI is InChI=1S/BO3.Sr.Y/c2-1(3)4;;/q-3;+2;+3. The van der Waals surface area contributed by atoms with E-state index in [-0.39, 0.29) is 78.2 Å². The van der Waals surface area contributed by atoms with Crippen LogP contribution in [-0.2, 0) is 32.7 Å². The zero-order valence-electron chi connectivity index (χ0n) is 3.09. The van der Waals surface area contributed by atoms with Gasteiger partial charge in [0.1, 0.15) is 0 Å². The van der Waals surface area contributed by atoms with Crippen LogP contribution in [0.15, 0.2) is 0 Å². The summed E-state index contributed by atoms with van der Waals surface area (Å²) < 4.78 is 0. The SMILES string of the molecule is [O-]B([O-])[O-].[Sr+2].[Y+3]. The Hall–Kier alpha value is 2.53. The van der Waals surface area contributed by atoms with E-state index in [9.17, 15) is 0 Å². The van der Waals surface area contributed by atoms with E-state index >= 15 is 0 Å². The molecule has 0 aromatic heterocycles. The number of hydrogen-bond donors (Lipinski definition) is 0. The summed E-state index contributed by atoms with van der Waals surface area (Å²) in [5.74, 6) is 0. The zero-order valence-corrected chi connectivity index (χ0v) is 9.40. The van der Waals surface area contributed by atoms with Gasteiger partial charge in [-0.05, 0) is 0 Å². The van der Waals surface area contributed by atoms with Crippen molar-refractivity contribution in [1.82, 2.24) is 0 Å². The third-order valence-electron chi connectivity index (χ3n) is 0. The molecule has 0 amide bonds. The molecule has 6 heavy (non-hydrogen) atoms. The minimum atomic E-state index is -2.92. The van der Waals surface area contributed by atoms with E-state index in [4.69, 9.17) is 15.1 Å². The van der Waals surface area contributed by atoms with Crippen molar-refractivity contribution in [2.75, 3.05) is 0 Å². The first-order valence-electron chi connectivity index (χ1n) is 0.707. The second kappa shape index (κ2) is 10.5. The molecule has 0 fully saturated rings. The molecular formula is BO3SrY+2. The van der Waals surface area contributed by atoms with E-state index in [1.807, 2.05) is 0 Å². The van der Waals surface area contributed by atoms with Gasteiger partial charge in [0, 0.05) is 0 Å². The Balaban J connectivity index is -0.0000000450. The van der Waals surface area contributed by atoms with Crippen molar-refractivity contribution in [1.29, 1.82) is 0 Å². The molecule has 0 radical (unpaired) electrons. The molecule has 0 saturated carbocycles. The van der Waals surface area contributed by atoms with Crippen molar-refractivity contribution in [2.24, 2.45) is 0 Å². The molecule has 0 unspecified atom stereocenters. The normalized spacial score (nSPS) is 4.50. The van der Waals surface area contributed by atoms with Crippen LogP contribution in [-0.4, -0.2) is 52.8 Å². The molecule has 0 aromatic rings. The van der Waals surface area contributed by atoms with Gasteiger partial charge in [0.05, 0.1) is 0 Å². The Morgan fingerprint density at radius 3 is 1.00 bits per heavy atom. The van der Waals surface area contributed by atoms with E-state index in [0.29, 0.717) is 0 Å². The van der Waals surface area contributed by atoms with E-state index in [2.05, 4.69) is 0 Å². The quantitative estimate of drug-likeness (QED) is 0.399. The molecule has 3 nitrogen and oxygen atoms in total. The average Bonchev–Trinajstić information content (AvgIpc) is 0.811. The van der Waals surface area contributed by atoms with Crippen molar-refractivity contribution in [3.05, 3.63) is 0 Å². The van der Waals surface area contributed by atoms with E-state index in [1.54, 1.807) is 0 Å². The number of hydrogen-bond acceptors (Lipinski definition) is 3. The van der Waals surface area contributed by atoms with Crippen molar-refractivity contribution in [3.8, 4) is 0 Å². The van der Waals surface area contributed by atoms with E-state index < -0.39 is 7.32 Å². The Morgan fingerprint density at radius 2 is 1.00 bits per heavy atom. The van der Waals surface area contributed by atoms with Crippen LogP contribution in [0.25, 0.3) is 0 Å². The summed E-state index contributed by atoms with van der Waals surface area (Å²) in [5.41, 5.74) is 0. The fourth-order valence-corrected chi connectivity index (χ4v) is 0. The molecule has 0 aliphatic heterocycles. The Labute approximate surface area is 98.5 Å². The molecule has 0 N–H and O–H groups in total. The maximum atomic E-state index is 8.42. The molecule has 0 spiro atoms. The van der Waals surface area contributed by atoms with Crippen LogP contribution in [0, 0.1) is 0 Å². The summed E-state index contributed by atoms with van der Waals surface area (Å²) in [4.78, 5) is 0. The van der Waals surface area contributed by atoms with Crippen LogP contribution in [0.4, 0.5) is 0 Å². The van der Waals surface area contributed by atoms with Gasteiger partial charge < -0.3 is 15.1 Å². The van der Waals surface area contributed by atoms with Crippen molar-refractivity contribution in [2.45, 2.75) is 0 Å². The fraction of sp³-hybridized carbons (Fsp3) is 0. The van der Waals surface area contributed by atoms with Gasteiger partial charge in [-0.3, -0.25) is 7.32 Å². The molecule has 0 aliphatic carbocycles. The first-order valence-corrected chi connectivity index (χ1v) is 0.707. The van der Waals surface area contributed by atoms with E-state index in [1.165, 1.54) is 0 Å². The van der Waals surface area contributed by atoms with Gasteiger partial charge in [0.15, 0.2) is 0 Å². The van der Waals surface area contributed by atoms with Crippen LogP contribution < -0.4 is 15.1 Å². The second-order valence-corrected chi connectivity index (χ2v) is 0.289. The van der Waals surface area contributed by atoms with Crippen molar-refractivity contribution < 1.29 is 47.8 Å². The smallest absolute Gasteiger partial charge is 0.907 e. The average molecular weight is 235 g/mol. The van der Waals surface area contributed by atoms with Crippen LogP contribution in [0.2, 0.25) is 0 Å². The van der Waals surface area contributed by atoms with Crippen LogP contribution in [0.1, 0.15) is 0 Å². The molecule has 24 valence electrons. The van der Waals surface area contributed by atoms with Gasteiger partial charge in [0.25, 0.3) is 0 Å². The van der Waals surface area contributed by atoms with Gasteiger partial charge in [-0.15, -0.1) is 0 Å². The fourth-order valence-electron chi connectivity index (χ4n) is 0. The molecule has 0 rings (SSSR count). The maximum Gasteiger partial charge on any atom is 3.00 e. The van der Waals surface area contributed by atoms with Gasteiger partial charge in [-0.25, -0.2) is 0 Å². The molecular weight excluding hydrogens is 235 g/mol. The summed E-state index contributed by atoms with van der Waals surface area (Å²) in [6, 6.07) is 0. The first kappa shape index (κ1) is 15.8. The molecule has 6 heteroatoms. The molecule has 0 bridgehead atoms. The predicted octanol–water partition coefficient (Wildman–Crippen LogP) is -4.33. The van der Waals surface area contributed by atoms with Gasteiger partial charge in [-0.1, -0.05) is 0 Å². The largest absolute Gasteiger partial charge is 3.00 e. The van der Waals surface area contributed by atoms with Crippen LogP contribution >= 0.6 is 0 Å². The first-order chi connectivity index (χ1) is 1.73. The summed E-state index contributed by atoms with van der Waals surface area (Å²) in [6.45, 7) is 0. The zero-order chi connectivity index (χ0) is 3.58. The molecule has 0 saturated heterocycles. The summed E-state index contributed by atoms with van der Waals surface area (Å²) >= 11 is 0. The van der Waals surface area contributed by atoms with Crippen LogP contribution in [0.3, 0.4) is 0 Å². The third kappa shape index (κ3) is 31.2. The molecule has 0 aromatic carbocycles. The minimum Gasteiger partial charge on any atom is -0.907 e. The Kier molecular flexibility index (Phi) is 27.7. The minimum absolute atomic E-state index is 0.